The summed E-state index contributed by atoms with van der Waals surface area (Å²) in [5, 5.41) is 3.25. The molecule has 0 saturated heterocycles. The first kappa shape index (κ1) is 24.4. The number of hydrogen-bond acceptors (Lipinski definition) is 5. The second kappa shape index (κ2) is 10.6. The minimum atomic E-state index is -3.99. The molecule has 0 aliphatic heterocycles. The first-order valence-corrected chi connectivity index (χ1v) is 11.9. The van der Waals surface area contributed by atoms with Gasteiger partial charge < -0.3 is 14.8 Å². The van der Waals surface area contributed by atoms with E-state index in [4.69, 9.17) is 21.1 Å². The summed E-state index contributed by atoms with van der Waals surface area (Å²) in [5.74, 6) is 0.652. The van der Waals surface area contributed by atoms with Crippen LogP contribution in [0.3, 0.4) is 0 Å². The normalized spacial score (nSPS) is 11.0. The molecule has 0 heterocycles. The number of nitrogens with one attached hydrogen (secondary N) is 1. The molecule has 0 aromatic heterocycles. The molecule has 3 aromatic rings. The third-order valence-corrected chi connectivity index (χ3v) is 6.99. The third-order valence-electron chi connectivity index (χ3n) is 4.98. The molecule has 33 heavy (non-hydrogen) atoms. The molecule has 0 fully saturated rings. The second-order valence-corrected chi connectivity index (χ2v) is 9.52. The molecule has 3 aromatic carbocycles. The Balaban J connectivity index is 1.85. The van der Waals surface area contributed by atoms with Gasteiger partial charge in [-0.1, -0.05) is 35.9 Å². The van der Waals surface area contributed by atoms with Crippen LogP contribution in [0.15, 0.2) is 71.6 Å². The average Bonchev–Trinajstić information content (AvgIpc) is 2.82. The van der Waals surface area contributed by atoms with Crippen LogP contribution in [0.1, 0.15) is 11.1 Å². The Morgan fingerprint density at radius 2 is 1.67 bits per heavy atom. The first-order valence-electron chi connectivity index (χ1n) is 10.1. The Labute approximate surface area is 198 Å². The van der Waals surface area contributed by atoms with E-state index >= 15 is 0 Å². The van der Waals surface area contributed by atoms with Gasteiger partial charge in [-0.2, -0.15) is 0 Å². The number of anilines is 1. The van der Waals surface area contributed by atoms with Gasteiger partial charge in [-0.15, -0.1) is 0 Å². The Bertz CT molecular complexity index is 1230. The number of rotatable bonds is 9. The van der Waals surface area contributed by atoms with E-state index in [9.17, 15) is 13.2 Å². The average molecular weight is 489 g/mol. The summed E-state index contributed by atoms with van der Waals surface area (Å²) in [4.78, 5) is 12.9. The number of halogens is 1. The molecule has 0 radical (unpaired) electrons. The number of nitrogens with zero attached hydrogens (tertiary/aromatic N) is 1. The van der Waals surface area contributed by atoms with Gasteiger partial charge in [-0.25, -0.2) is 8.42 Å². The van der Waals surface area contributed by atoms with Crippen LogP contribution in [0, 0.1) is 6.92 Å². The summed E-state index contributed by atoms with van der Waals surface area (Å²) in [6.45, 7) is 1.54. The zero-order chi connectivity index (χ0) is 24.0. The van der Waals surface area contributed by atoms with Gasteiger partial charge in [0, 0.05) is 11.6 Å². The van der Waals surface area contributed by atoms with Gasteiger partial charge in [0.1, 0.15) is 6.54 Å². The molecule has 0 saturated carbocycles. The van der Waals surface area contributed by atoms with Gasteiger partial charge in [0.15, 0.2) is 11.5 Å². The van der Waals surface area contributed by atoms with E-state index < -0.39 is 22.5 Å². The van der Waals surface area contributed by atoms with Crippen LogP contribution >= 0.6 is 11.6 Å². The fourth-order valence-corrected chi connectivity index (χ4v) is 5.03. The van der Waals surface area contributed by atoms with Crippen molar-refractivity contribution in [3.05, 3.63) is 82.9 Å². The van der Waals surface area contributed by atoms with Crippen LogP contribution < -0.4 is 19.1 Å². The third kappa shape index (κ3) is 5.77. The molecule has 1 amide bonds. The van der Waals surface area contributed by atoms with Gasteiger partial charge in [0.2, 0.25) is 5.91 Å². The van der Waals surface area contributed by atoms with E-state index in [2.05, 4.69) is 5.32 Å². The number of aryl methyl sites for hydroxylation is 1. The number of carbonyl (C=O) groups excluding carboxylic acids is 1. The first-order chi connectivity index (χ1) is 15.8. The van der Waals surface area contributed by atoms with Crippen molar-refractivity contribution >= 4 is 33.2 Å². The zero-order valence-corrected chi connectivity index (χ0v) is 20.1. The van der Waals surface area contributed by atoms with Crippen LogP contribution in [-0.2, 0) is 21.4 Å². The molecule has 9 heteroatoms. The highest BCUT2D eigenvalue weighted by Crippen LogP contribution is 2.29. The van der Waals surface area contributed by atoms with Crippen molar-refractivity contribution in [3.8, 4) is 11.5 Å². The van der Waals surface area contributed by atoms with Crippen molar-refractivity contribution in [2.24, 2.45) is 0 Å². The van der Waals surface area contributed by atoms with Crippen molar-refractivity contribution in [2.75, 3.05) is 25.1 Å². The molecule has 0 unspecified atom stereocenters. The largest absolute Gasteiger partial charge is 0.493 e. The van der Waals surface area contributed by atoms with Gasteiger partial charge >= 0.3 is 0 Å². The minimum absolute atomic E-state index is 0.0899. The maximum absolute atomic E-state index is 13.4. The van der Waals surface area contributed by atoms with Gasteiger partial charge in [0.05, 0.1) is 24.8 Å². The Morgan fingerprint density at radius 3 is 2.30 bits per heavy atom. The Kier molecular flexibility index (Phi) is 7.84. The number of methoxy groups -OCH3 is 2. The molecule has 0 aliphatic rings. The smallest absolute Gasteiger partial charge is 0.264 e. The Morgan fingerprint density at radius 1 is 0.970 bits per heavy atom. The molecular weight excluding hydrogens is 464 g/mol. The highest BCUT2D eigenvalue weighted by molar-refractivity contribution is 7.92. The number of ether oxygens (including phenoxy) is 2. The number of benzene rings is 3. The van der Waals surface area contributed by atoms with Gasteiger partial charge in [0.25, 0.3) is 10.0 Å². The van der Waals surface area contributed by atoms with E-state index in [0.29, 0.717) is 27.8 Å². The number of sulfonamides is 1. The van der Waals surface area contributed by atoms with E-state index in [1.54, 1.807) is 68.6 Å². The molecule has 0 aliphatic carbocycles. The molecule has 1 N–H and O–H groups in total. The maximum atomic E-state index is 13.4. The van der Waals surface area contributed by atoms with Crippen LogP contribution in [0.2, 0.25) is 5.02 Å². The molecule has 174 valence electrons. The van der Waals surface area contributed by atoms with Crippen molar-refractivity contribution in [3.63, 3.8) is 0 Å². The predicted molar refractivity (Wildman–Crippen MR) is 129 cm³/mol. The lowest BCUT2D eigenvalue weighted by Gasteiger charge is -2.25. The van der Waals surface area contributed by atoms with Crippen molar-refractivity contribution in [1.82, 2.24) is 5.32 Å². The lowest BCUT2D eigenvalue weighted by atomic mass is 10.2. The summed E-state index contributed by atoms with van der Waals surface area (Å²) >= 11 is 6.06. The summed E-state index contributed by atoms with van der Waals surface area (Å²) in [5.41, 5.74) is 1.79. The molecule has 0 spiro atoms. The van der Waals surface area contributed by atoms with Crippen molar-refractivity contribution < 1.29 is 22.7 Å². The Hall–Kier alpha value is -3.23. The monoisotopic (exact) mass is 488 g/mol. The number of amides is 1. The van der Waals surface area contributed by atoms with Gasteiger partial charge in [-0.3, -0.25) is 9.10 Å². The van der Waals surface area contributed by atoms with Crippen molar-refractivity contribution in [2.45, 2.75) is 18.4 Å². The lowest BCUT2D eigenvalue weighted by Crippen LogP contribution is -2.41. The summed E-state index contributed by atoms with van der Waals surface area (Å²) < 4.78 is 38.4. The van der Waals surface area contributed by atoms with E-state index in [1.807, 2.05) is 0 Å². The van der Waals surface area contributed by atoms with E-state index in [1.165, 1.54) is 19.2 Å². The van der Waals surface area contributed by atoms with Gasteiger partial charge in [-0.05, 0) is 60.5 Å². The number of hydrogen-bond donors (Lipinski definition) is 1. The second-order valence-electron chi connectivity index (χ2n) is 7.22. The lowest BCUT2D eigenvalue weighted by molar-refractivity contribution is -0.119. The molecule has 7 nitrogen and oxygen atoms in total. The van der Waals surface area contributed by atoms with Crippen LogP contribution in [0.4, 0.5) is 5.69 Å². The van der Waals surface area contributed by atoms with Crippen LogP contribution in [-0.4, -0.2) is 35.1 Å². The predicted octanol–water partition coefficient (Wildman–Crippen LogP) is 4.18. The van der Waals surface area contributed by atoms with Crippen LogP contribution in [0.5, 0.6) is 11.5 Å². The molecular formula is C24H25ClN2O5S. The highest BCUT2D eigenvalue weighted by atomic mass is 35.5. The highest BCUT2D eigenvalue weighted by Gasteiger charge is 2.28. The van der Waals surface area contributed by atoms with Crippen molar-refractivity contribution in [1.29, 1.82) is 0 Å². The molecule has 0 atom stereocenters. The summed E-state index contributed by atoms with van der Waals surface area (Å²) in [6.07, 6.45) is 0. The number of carbonyl (C=O) groups is 1. The van der Waals surface area contributed by atoms with E-state index in [0.717, 1.165) is 9.87 Å². The molecule has 0 bridgehead atoms. The quantitative estimate of drug-likeness (QED) is 0.488. The topological polar surface area (TPSA) is 84.9 Å². The minimum Gasteiger partial charge on any atom is -0.493 e. The summed E-state index contributed by atoms with van der Waals surface area (Å²) in [6, 6.07) is 18.1. The zero-order valence-electron chi connectivity index (χ0n) is 18.5. The summed E-state index contributed by atoms with van der Waals surface area (Å²) in [7, 11) is -0.924. The molecule has 3 rings (SSSR count). The van der Waals surface area contributed by atoms with Crippen LogP contribution in [0.25, 0.3) is 0 Å². The van der Waals surface area contributed by atoms with E-state index in [-0.39, 0.29) is 11.4 Å². The fraction of sp³-hybridized carbons (Fsp3) is 0.208. The SMILES string of the molecule is COc1ccc(CNC(=O)CN(c2ccc(Cl)cc2C)S(=O)(=O)c2ccccc2)cc1OC. The maximum Gasteiger partial charge on any atom is 0.264 e. The standard InChI is InChI=1S/C24H25ClN2O5S/c1-17-13-19(25)10-11-21(17)27(33(29,30)20-7-5-4-6-8-20)16-24(28)26-15-18-9-12-22(31-2)23(14-18)32-3/h4-14H,15-16H2,1-3H3,(H,26,28). The fourth-order valence-electron chi connectivity index (χ4n) is 3.30.